The summed E-state index contributed by atoms with van der Waals surface area (Å²) in [5.41, 5.74) is 1.57. The van der Waals surface area contributed by atoms with Crippen LogP contribution in [0.2, 0.25) is 0 Å². The molecule has 3 N–H and O–H groups in total. The number of anilines is 1. The lowest BCUT2D eigenvalue weighted by molar-refractivity contribution is 0.0950. The molecule has 30 heavy (non-hydrogen) atoms. The minimum absolute atomic E-state index is 0.139. The van der Waals surface area contributed by atoms with Crippen molar-refractivity contribution in [3.05, 3.63) is 59.7 Å². The van der Waals surface area contributed by atoms with Gasteiger partial charge in [0.2, 0.25) is 0 Å². The molecule has 7 heteroatoms. The van der Waals surface area contributed by atoms with Crippen LogP contribution in [0, 0.1) is 0 Å². The molecule has 0 aromatic heterocycles. The van der Waals surface area contributed by atoms with Crippen molar-refractivity contribution in [1.29, 1.82) is 0 Å². The Kier molecular flexibility index (Phi) is 9.80. The Balaban J connectivity index is 1.97. The van der Waals surface area contributed by atoms with Crippen molar-refractivity contribution in [3.63, 3.8) is 0 Å². The molecule has 0 aliphatic carbocycles. The van der Waals surface area contributed by atoms with Crippen LogP contribution in [0.1, 0.15) is 60.2 Å². The van der Waals surface area contributed by atoms with Gasteiger partial charge in [0.05, 0.1) is 12.2 Å². The van der Waals surface area contributed by atoms with Crippen LogP contribution in [0.25, 0.3) is 0 Å². The average molecular weight is 428 g/mol. The molecule has 0 heterocycles. The topological polar surface area (TPSA) is 79.5 Å². The molecule has 0 spiro atoms. The molecule has 0 atom stereocenters. The summed E-state index contributed by atoms with van der Waals surface area (Å²) in [5.74, 6) is 0.0327. The molecular weight excluding hydrogens is 398 g/mol. The summed E-state index contributed by atoms with van der Waals surface area (Å²) in [6, 6.07) is 14.0. The molecule has 2 aromatic rings. The van der Waals surface area contributed by atoms with Crippen molar-refractivity contribution in [1.82, 2.24) is 10.6 Å². The zero-order valence-corrected chi connectivity index (χ0v) is 18.3. The monoisotopic (exact) mass is 427 g/mol. The number of hydrogen-bond donors (Lipinski definition) is 3. The van der Waals surface area contributed by atoms with Gasteiger partial charge in [-0.2, -0.15) is 0 Å². The Labute approximate surface area is 183 Å². The Bertz CT molecular complexity index is 870. The summed E-state index contributed by atoms with van der Waals surface area (Å²) in [7, 11) is 0. The van der Waals surface area contributed by atoms with Crippen LogP contribution >= 0.6 is 12.2 Å². The zero-order valence-electron chi connectivity index (χ0n) is 17.5. The largest absolute Gasteiger partial charge is 0.493 e. The number of amides is 2. The first-order valence-corrected chi connectivity index (χ1v) is 10.7. The maximum Gasteiger partial charge on any atom is 0.261 e. The summed E-state index contributed by atoms with van der Waals surface area (Å²) < 4.78 is 5.71. The van der Waals surface area contributed by atoms with Crippen LogP contribution in [0.5, 0.6) is 5.75 Å². The second kappa shape index (κ2) is 12.6. The quantitative estimate of drug-likeness (QED) is 0.384. The summed E-state index contributed by atoms with van der Waals surface area (Å²) in [6.45, 7) is 5.34. The summed E-state index contributed by atoms with van der Waals surface area (Å²) in [5, 5.41) is 8.65. The number of benzene rings is 2. The molecule has 6 nitrogen and oxygen atoms in total. The molecule has 2 rings (SSSR count). The van der Waals surface area contributed by atoms with Crippen molar-refractivity contribution in [3.8, 4) is 5.75 Å². The van der Waals surface area contributed by atoms with Gasteiger partial charge in [-0.1, -0.05) is 44.9 Å². The third-order valence-corrected chi connectivity index (χ3v) is 4.52. The van der Waals surface area contributed by atoms with Crippen molar-refractivity contribution in [2.75, 3.05) is 18.5 Å². The lowest BCUT2D eigenvalue weighted by atomic mass is 10.2. The molecule has 0 fully saturated rings. The summed E-state index contributed by atoms with van der Waals surface area (Å²) >= 11 is 5.27. The Morgan fingerprint density at radius 2 is 1.73 bits per heavy atom. The minimum Gasteiger partial charge on any atom is -0.493 e. The van der Waals surface area contributed by atoms with Gasteiger partial charge in [-0.15, -0.1) is 0 Å². The first-order chi connectivity index (χ1) is 14.5. The highest BCUT2D eigenvalue weighted by molar-refractivity contribution is 7.80. The fourth-order valence-electron chi connectivity index (χ4n) is 2.66. The average Bonchev–Trinajstić information content (AvgIpc) is 2.74. The van der Waals surface area contributed by atoms with Crippen molar-refractivity contribution >= 4 is 34.8 Å². The smallest absolute Gasteiger partial charge is 0.261 e. The number of carbonyl (C=O) groups is 2. The summed E-state index contributed by atoms with van der Waals surface area (Å²) in [4.78, 5) is 24.8. The molecule has 2 aromatic carbocycles. The van der Waals surface area contributed by atoms with Gasteiger partial charge in [-0.05, 0) is 55.4 Å². The van der Waals surface area contributed by atoms with E-state index in [0.717, 1.165) is 25.7 Å². The number of rotatable bonds is 10. The number of hydrogen-bond acceptors (Lipinski definition) is 4. The molecule has 0 radical (unpaired) electrons. The predicted octanol–water partition coefficient (Wildman–Crippen LogP) is 4.52. The highest BCUT2D eigenvalue weighted by Gasteiger charge is 2.14. The number of unbranched alkanes of at least 4 members (excludes halogenated alkanes) is 2. The van der Waals surface area contributed by atoms with E-state index in [1.165, 1.54) is 0 Å². The van der Waals surface area contributed by atoms with Gasteiger partial charge < -0.3 is 15.4 Å². The van der Waals surface area contributed by atoms with Crippen LogP contribution in [-0.4, -0.2) is 30.1 Å². The van der Waals surface area contributed by atoms with Crippen LogP contribution in [0.3, 0.4) is 0 Å². The Morgan fingerprint density at radius 1 is 0.967 bits per heavy atom. The fourth-order valence-corrected chi connectivity index (χ4v) is 2.87. The van der Waals surface area contributed by atoms with Gasteiger partial charge in [0.1, 0.15) is 5.75 Å². The highest BCUT2D eigenvalue weighted by atomic mass is 32.1. The third-order valence-electron chi connectivity index (χ3n) is 4.31. The van der Waals surface area contributed by atoms with Crippen LogP contribution in [-0.2, 0) is 0 Å². The van der Waals surface area contributed by atoms with Gasteiger partial charge in [0.25, 0.3) is 11.8 Å². The highest BCUT2D eigenvalue weighted by Crippen LogP contribution is 2.18. The first-order valence-electron chi connectivity index (χ1n) is 10.3. The van der Waals surface area contributed by atoms with E-state index >= 15 is 0 Å². The Morgan fingerprint density at radius 3 is 2.50 bits per heavy atom. The number of para-hydroxylation sites is 1. The van der Waals surface area contributed by atoms with E-state index in [0.29, 0.717) is 35.7 Å². The predicted molar refractivity (Wildman–Crippen MR) is 124 cm³/mol. The number of ether oxygens (including phenoxy) is 1. The lowest BCUT2D eigenvalue weighted by Gasteiger charge is -2.13. The third kappa shape index (κ3) is 7.48. The van der Waals surface area contributed by atoms with E-state index in [1.54, 1.807) is 42.5 Å². The minimum atomic E-state index is -0.354. The van der Waals surface area contributed by atoms with Crippen molar-refractivity contribution in [2.45, 2.75) is 39.5 Å². The molecule has 0 saturated carbocycles. The molecule has 160 valence electrons. The molecule has 2 amide bonds. The number of thiocarbonyl (C=S) groups is 1. The van der Waals surface area contributed by atoms with Crippen molar-refractivity contribution in [2.24, 2.45) is 0 Å². The Hall–Kier alpha value is -2.93. The molecule has 0 bridgehead atoms. The molecule has 0 unspecified atom stereocenters. The molecular formula is C23H29N3O3S. The number of carbonyl (C=O) groups excluding carboxylic acids is 2. The van der Waals surface area contributed by atoms with Crippen molar-refractivity contribution < 1.29 is 14.3 Å². The maximum absolute atomic E-state index is 12.6. The molecule has 0 saturated heterocycles. The van der Waals surface area contributed by atoms with E-state index in [-0.39, 0.29) is 16.9 Å². The van der Waals surface area contributed by atoms with E-state index in [1.807, 2.05) is 6.07 Å². The van der Waals surface area contributed by atoms with E-state index in [2.05, 4.69) is 29.8 Å². The van der Waals surface area contributed by atoms with Crippen LogP contribution < -0.4 is 20.7 Å². The molecule has 0 aliphatic heterocycles. The second-order valence-electron chi connectivity index (χ2n) is 6.80. The lowest BCUT2D eigenvalue weighted by Crippen LogP contribution is -2.34. The fraction of sp³-hybridized carbons (Fsp3) is 0.348. The van der Waals surface area contributed by atoms with Crippen LogP contribution in [0.15, 0.2) is 48.5 Å². The zero-order chi connectivity index (χ0) is 21.8. The van der Waals surface area contributed by atoms with E-state index in [4.69, 9.17) is 17.0 Å². The maximum atomic E-state index is 12.6. The normalized spacial score (nSPS) is 10.2. The van der Waals surface area contributed by atoms with Gasteiger partial charge in [0.15, 0.2) is 5.11 Å². The van der Waals surface area contributed by atoms with Gasteiger partial charge >= 0.3 is 0 Å². The van der Waals surface area contributed by atoms with Gasteiger partial charge in [-0.3, -0.25) is 14.9 Å². The second-order valence-corrected chi connectivity index (χ2v) is 7.20. The molecule has 0 aliphatic rings. The summed E-state index contributed by atoms with van der Waals surface area (Å²) in [6.07, 6.45) is 3.88. The number of nitrogens with one attached hydrogen (secondary N) is 3. The first kappa shape index (κ1) is 23.3. The van der Waals surface area contributed by atoms with Crippen LogP contribution in [0.4, 0.5) is 5.69 Å². The van der Waals surface area contributed by atoms with Gasteiger partial charge in [-0.25, -0.2) is 0 Å². The standard InChI is InChI=1S/C23H29N3O3S/c1-3-5-14-24-21(27)17-10-9-11-18(16-17)25-23(30)26-22(28)19-12-7-8-13-20(19)29-15-6-4-2/h7-13,16H,3-6,14-15H2,1-2H3,(H,24,27)(H2,25,26,28,30). The van der Waals surface area contributed by atoms with E-state index in [9.17, 15) is 9.59 Å². The SMILES string of the molecule is CCCCNC(=O)c1cccc(NC(=S)NC(=O)c2ccccc2OCCCC)c1. The van der Waals surface area contributed by atoms with Gasteiger partial charge in [0, 0.05) is 17.8 Å². The van der Waals surface area contributed by atoms with E-state index < -0.39 is 0 Å².